The number of hydrogen-bond acceptors (Lipinski definition) is 8. The van der Waals surface area contributed by atoms with Gasteiger partial charge in [0.25, 0.3) is 0 Å². The number of H-pyrrole nitrogens is 1. The predicted octanol–water partition coefficient (Wildman–Crippen LogP) is 5.67. The monoisotopic (exact) mass is 530 g/mol. The Hall–Kier alpha value is -3.95. The average Bonchev–Trinajstić information content (AvgIpc) is 3.57. The Bertz CT molecular complexity index is 1620. The summed E-state index contributed by atoms with van der Waals surface area (Å²) in [5.41, 5.74) is 4.29. The second kappa shape index (κ2) is 9.17. The number of hydrogen-bond donors (Lipinski definition) is 5. The number of nitrogens with zero attached hydrogens (tertiary/aromatic N) is 3. The molecule has 186 valence electrons. The molecular weight excluding hydrogens is 508 g/mol. The van der Waals surface area contributed by atoms with Crippen LogP contribution in [-0.4, -0.2) is 30.0 Å². The number of fused-ring (bicyclic) bond motifs is 2. The van der Waals surface area contributed by atoms with Crippen LogP contribution in [0.15, 0.2) is 66.7 Å². The lowest BCUT2D eigenvalue weighted by molar-refractivity contribution is -0.118. The van der Waals surface area contributed by atoms with Gasteiger partial charge < -0.3 is 10.3 Å². The van der Waals surface area contributed by atoms with Crippen molar-refractivity contribution in [2.24, 2.45) is 0 Å². The molecule has 1 aliphatic heterocycles. The van der Waals surface area contributed by atoms with E-state index in [-0.39, 0.29) is 12.5 Å². The van der Waals surface area contributed by atoms with Gasteiger partial charge >= 0.3 is 0 Å². The minimum atomic E-state index is -3.35. The number of carbonyl (C=O) groups is 1. The van der Waals surface area contributed by atoms with Crippen LogP contribution in [0.5, 0.6) is 0 Å². The number of para-hydroxylation sites is 3. The van der Waals surface area contributed by atoms with Gasteiger partial charge in [0.05, 0.1) is 45.3 Å². The first-order valence-electron chi connectivity index (χ1n) is 11.6. The van der Waals surface area contributed by atoms with E-state index in [0.717, 1.165) is 37.8 Å². The summed E-state index contributed by atoms with van der Waals surface area (Å²) < 4.78 is 24.0. The molecule has 1 amide bonds. The molecule has 0 bridgehead atoms. The maximum atomic E-state index is 11.8. The van der Waals surface area contributed by atoms with Crippen LogP contribution in [-0.2, 0) is 11.2 Å². The molecule has 37 heavy (non-hydrogen) atoms. The van der Waals surface area contributed by atoms with Gasteiger partial charge in [-0.25, -0.2) is 9.97 Å². The van der Waals surface area contributed by atoms with Crippen molar-refractivity contribution < 1.29 is 13.9 Å². The number of nitrogens with one attached hydrogen (secondary N) is 3. The highest BCUT2D eigenvalue weighted by atomic mass is 32.3. The number of thiazole rings is 1. The number of carbonyl (C=O) groups excluding carboxylic acids is 1. The third-order valence-electron chi connectivity index (χ3n) is 6.39. The molecule has 0 spiro atoms. The van der Waals surface area contributed by atoms with E-state index in [1.165, 1.54) is 0 Å². The van der Waals surface area contributed by atoms with Crippen molar-refractivity contribution in [3.63, 3.8) is 0 Å². The molecule has 1 fully saturated rings. The molecule has 5 N–H and O–H groups in total. The maximum Gasteiger partial charge on any atom is 0.240 e. The summed E-state index contributed by atoms with van der Waals surface area (Å²) in [6.45, 7) is 0. The molecule has 6 rings (SSSR count). The van der Waals surface area contributed by atoms with Gasteiger partial charge in [-0.1, -0.05) is 47.7 Å². The Morgan fingerprint density at radius 1 is 1.11 bits per heavy atom. The van der Waals surface area contributed by atoms with Gasteiger partial charge in [-0.15, -0.1) is 10.8 Å². The van der Waals surface area contributed by atoms with E-state index >= 15 is 0 Å². The largest absolute Gasteiger partial charge is 0.351 e. The minimum Gasteiger partial charge on any atom is -0.351 e. The molecule has 0 saturated carbocycles. The summed E-state index contributed by atoms with van der Waals surface area (Å²) in [5.74, 6) is 0.297. The lowest BCUT2D eigenvalue weighted by Crippen LogP contribution is -2.18. The van der Waals surface area contributed by atoms with Crippen molar-refractivity contribution in [1.29, 1.82) is 5.26 Å². The molecule has 0 radical (unpaired) electrons. The second-order valence-electron chi connectivity index (χ2n) is 8.87. The van der Waals surface area contributed by atoms with Crippen LogP contribution in [0.1, 0.15) is 40.2 Å². The van der Waals surface area contributed by atoms with Gasteiger partial charge in [0.2, 0.25) is 5.91 Å². The molecule has 11 heteroatoms. The van der Waals surface area contributed by atoms with Crippen molar-refractivity contribution in [2.75, 3.05) is 5.32 Å². The van der Waals surface area contributed by atoms with Gasteiger partial charge in [-0.3, -0.25) is 18.6 Å². The molecule has 0 aliphatic carbocycles. The van der Waals surface area contributed by atoms with E-state index in [1.807, 2.05) is 54.6 Å². The van der Waals surface area contributed by atoms with Crippen LogP contribution in [0.3, 0.4) is 0 Å². The molecule has 5 aromatic rings. The molecule has 9 nitrogen and oxygen atoms in total. The van der Waals surface area contributed by atoms with Crippen LogP contribution < -0.4 is 10.0 Å². The Morgan fingerprint density at radius 2 is 1.89 bits per heavy atom. The summed E-state index contributed by atoms with van der Waals surface area (Å²) in [5, 5.41) is 13.3. The van der Waals surface area contributed by atoms with Crippen LogP contribution in [0.25, 0.3) is 21.3 Å². The lowest BCUT2D eigenvalue weighted by atomic mass is 9.97. The third-order valence-corrected chi connectivity index (χ3v) is 9.10. The van der Waals surface area contributed by atoms with E-state index in [2.05, 4.69) is 21.1 Å². The number of rotatable bonds is 6. The highest BCUT2D eigenvalue weighted by Crippen LogP contribution is 2.56. The fourth-order valence-corrected chi connectivity index (χ4v) is 7.05. The summed E-state index contributed by atoms with van der Waals surface area (Å²) >= 11 is 1.56. The standard InChI is InChI=1S/C26H22N6O3S2/c27-14-16-11-15(9-10-17(16)23-13-24(33)32-37(23,34)35)12-21(25-28-18-5-1-2-6-19(18)29-25)31-26-30-20-7-3-4-8-22(20)36-26/h1-11,21,23,34-35H,12-13H2,(H,28,29)(H,30,31)(H,32,33). The number of aromatic nitrogens is 3. The topological polar surface area (TPSA) is 147 Å². The van der Waals surface area contributed by atoms with E-state index in [0.29, 0.717) is 17.5 Å². The predicted molar refractivity (Wildman–Crippen MR) is 145 cm³/mol. The Balaban J connectivity index is 1.35. The highest BCUT2D eigenvalue weighted by Gasteiger charge is 2.39. The fourth-order valence-electron chi connectivity index (χ4n) is 4.63. The van der Waals surface area contributed by atoms with E-state index in [9.17, 15) is 19.2 Å². The number of imidazole rings is 1. The number of benzene rings is 3. The fraction of sp³-hybridized carbons (Fsp3) is 0.154. The first kappa shape index (κ1) is 23.4. The molecule has 3 heterocycles. The molecule has 1 aliphatic rings. The zero-order chi connectivity index (χ0) is 25.6. The SMILES string of the molecule is N#Cc1cc(CC(Nc2nc3ccccc3s2)c2nc3ccccc3[nH]2)ccc1C1CC(=O)NS1(O)O. The highest BCUT2D eigenvalue weighted by molar-refractivity contribution is 8.23. The van der Waals surface area contributed by atoms with Crippen LogP contribution in [0.4, 0.5) is 5.13 Å². The van der Waals surface area contributed by atoms with E-state index < -0.39 is 21.9 Å². The first-order valence-corrected chi connectivity index (χ1v) is 14.0. The van der Waals surface area contributed by atoms with E-state index in [4.69, 9.17) is 9.97 Å². The van der Waals surface area contributed by atoms with Crippen LogP contribution in [0, 0.1) is 11.3 Å². The number of aromatic amines is 1. The first-order chi connectivity index (χ1) is 17.9. The molecule has 2 aromatic heterocycles. The molecule has 1 saturated heterocycles. The van der Waals surface area contributed by atoms with Gasteiger partial charge in [-0.2, -0.15) is 5.26 Å². The van der Waals surface area contributed by atoms with Crippen molar-refractivity contribution in [3.05, 3.63) is 89.2 Å². The quantitative estimate of drug-likeness (QED) is 0.190. The van der Waals surface area contributed by atoms with Gasteiger partial charge in [0, 0.05) is 0 Å². The van der Waals surface area contributed by atoms with Crippen molar-refractivity contribution in [2.45, 2.75) is 24.1 Å². The van der Waals surface area contributed by atoms with Gasteiger partial charge in [0.1, 0.15) is 11.1 Å². The van der Waals surface area contributed by atoms with Crippen molar-refractivity contribution in [3.8, 4) is 6.07 Å². The summed E-state index contributed by atoms with van der Waals surface area (Å²) in [4.78, 5) is 24.7. The molecular formula is C26H22N6O3S2. The third kappa shape index (κ3) is 4.52. The number of anilines is 1. The molecule has 2 atom stereocenters. The number of nitriles is 1. The van der Waals surface area contributed by atoms with Crippen LogP contribution in [0.2, 0.25) is 0 Å². The van der Waals surface area contributed by atoms with E-state index in [1.54, 1.807) is 23.5 Å². The second-order valence-corrected chi connectivity index (χ2v) is 11.9. The maximum absolute atomic E-state index is 11.8. The summed E-state index contributed by atoms with van der Waals surface area (Å²) in [7, 11) is -3.35. The number of amides is 1. The Morgan fingerprint density at radius 3 is 2.62 bits per heavy atom. The lowest BCUT2D eigenvalue weighted by Gasteiger charge is -2.33. The average molecular weight is 531 g/mol. The van der Waals surface area contributed by atoms with Gasteiger partial charge in [0.15, 0.2) is 5.13 Å². The summed E-state index contributed by atoms with van der Waals surface area (Å²) in [6, 6.07) is 22.9. The van der Waals surface area contributed by atoms with Crippen LogP contribution >= 0.6 is 22.1 Å². The molecule has 2 unspecified atom stereocenters. The zero-order valence-corrected chi connectivity index (χ0v) is 21.0. The Labute approximate surface area is 217 Å². The molecule has 3 aromatic carbocycles. The van der Waals surface area contributed by atoms with Gasteiger partial charge in [-0.05, 0) is 47.9 Å². The smallest absolute Gasteiger partial charge is 0.240 e. The summed E-state index contributed by atoms with van der Waals surface area (Å²) in [6.07, 6.45) is 0.417. The van der Waals surface area contributed by atoms with Crippen molar-refractivity contribution >= 4 is 54.4 Å². The van der Waals surface area contributed by atoms with Crippen molar-refractivity contribution in [1.82, 2.24) is 19.7 Å². The minimum absolute atomic E-state index is 0.0723. The zero-order valence-electron chi connectivity index (χ0n) is 19.4. The Kier molecular flexibility index (Phi) is 5.81. The normalized spacial score (nSPS) is 18.4.